The smallest absolute Gasteiger partial charge is 0.244 e. The molecule has 1 unspecified atom stereocenters. The van der Waals surface area contributed by atoms with Crippen LogP contribution in [0.5, 0.6) is 0 Å². The van der Waals surface area contributed by atoms with E-state index in [1.165, 1.54) is 18.2 Å². The predicted molar refractivity (Wildman–Crippen MR) is 74.0 cm³/mol. The average molecular weight is 265 g/mol. The normalized spacial score (nSPS) is 14.3. The third-order valence-electron chi connectivity index (χ3n) is 2.75. The summed E-state index contributed by atoms with van der Waals surface area (Å²) in [6.45, 7) is 3.83. The lowest BCUT2D eigenvalue weighted by Crippen LogP contribution is -2.39. The van der Waals surface area contributed by atoms with Gasteiger partial charge in [0.2, 0.25) is 5.91 Å². The van der Waals surface area contributed by atoms with Crippen LogP contribution < -0.4 is 5.32 Å². The second kappa shape index (κ2) is 7.04. The first kappa shape index (κ1) is 15.4. The molecule has 0 saturated carbocycles. The predicted octanol–water partition coefficient (Wildman–Crippen LogP) is 2.51. The van der Waals surface area contributed by atoms with Crippen LogP contribution >= 0.6 is 0 Å². The molecule has 0 aliphatic rings. The quantitative estimate of drug-likeness (QED) is 0.776. The average Bonchev–Trinajstić information content (AvgIpc) is 2.35. The highest BCUT2D eigenvalue weighted by Crippen LogP contribution is 2.10. The van der Waals surface area contributed by atoms with Gasteiger partial charge in [0, 0.05) is 18.2 Å². The van der Waals surface area contributed by atoms with Gasteiger partial charge in [0.1, 0.15) is 5.82 Å². The highest BCUT2D eigenvalue weighted by molar-refractivity contribution is 5.91. The molecule has 1 amide bonds. The summed E-state index contributed by atoms with van der Waals surface area (Å²) in [5.41, 5.74) is -0.547. The molecule has 1 aromatic carbocycles. The van der Waals surface area contributed by atoms with E-state index in [1.807, 2.05) is 6.92 Å². The van der Waals surface area contributed by atoms with Crippen molar-refractivity contribution in [3.8, 4) is 0 Å². The van der Waals surface area contributed by atoms with Gasteiger partial charge in [-0.25, -0.2) is 4.39 Å². The monoisotopic (exact) mass is 265 g/mol. The summed E-state index contributed by atoms with van der Waals surface area (Å²) in [6, 6.07) is 6.22. The zero-order chi connectivity index (χ0) is 14.3. The summed E-state index contributed by atoms with van der Waals surface area (Å²) in [4.78, 5) is 11.5. The topological polar surface area (TPSA) is 49.3 Å². The molecule has 0 heterocycles. The maximum absolute atomic E-state index is 13.3. The molecular formula is C15H20FNO2. The molecule has 0 fully saturated rings. The largest absolute Gasteiger partial charge is 0.388 e. The zero-order valence-corrected chi connectivity index (χ0v) is 11.3. The van der Waals surface area contributed by atoms with Crippen LogP contribution in [0.1, 0.15) is 32.3 Å². The summed E-state index contributed by atoms with van der Waals surface area (Å²) in [7, 11) is 0. The molecule has 0 spiro atoms. The minimum Gasteiger partial charge on any atom is -0.388 e. The Labute approximate surface area is 113 Å². The molecule has 3 nitrogen and oxygen atoms in total. The number of halogens is 1. The van der Waals surface area contributed by atoms with Gasteiger partial charge in [-0.15, -0.1) is 0 Å². The first-order valence-electron chi connectivity index (χ1n) is 6.37. The van der Waals surface area contributed by atoms with Crippen molar-refractivity contribution in [1.29, 1.82) is 0 Å². The Morgan fingerprint density at radius 1 is 1.47 bits per heavy atom. The fourth-order valence-electron chi connectivity index (χ4n) is 1.74. The molecule has 1 atom stereocenters. The number of hydrogen-bond acceptors (Lipinski definition) is 2. The third-order valence-corrected chi connectivity index (χ3v) is 2.75. The lowest BCUT2D eigenvalue weighted by molar-refractivity contribution is -0.117. The van der Waals surface area contributed by atoms with Crippen LogP contribution in [0.2, 0.25) is 0 Å². The summed E-state index contributed by atoms with van der Waals surface area (Å²) in [5, 5.41) is 12.5. The molecule has 0 aromatic heterocycles. The van der Waals surface area contributed by atoms with Gasteiger partial charge in [-0.2, -0.15) is 0 Å². The van der Waals surface area contributed by atoms with Gasteiger partial charge in [-0.05, 0) is 25.5 Å². The number of rotatable bonds is 6. The van der Waals surface area contributed by atoms with E-state index in [4.69, 9.17) is 0 Å². The van der Waals surface area contributed by atoms with Crippen molar-refractivity contribution < 1.29 is 14.3 Å². The van der Waals surface area contributed by atoms with Crippen LogP contribution in [-0.2, 0) is 4.79 Å². The summed E-state index contributed by atoms with van der Waals surface area (Å²) < 4.78 is 13.3. The van der Waals surface area contributed by atoms with Gasteiger partial charge in [0.15, 0.2) is 0 Å². The van der Waals surface area contributed by atoms with Crippen LogP contribution in [-0.4, -0.2) is 23.2 Å². The Bertz CT molecular complexity index is 455. The first-order chi connectivity index (χ1) is 8.94. The second-order valence-corrected chi connectivity index (χ2v) is 4.82. The van der Waals surface area contributed by atoms with Crippen molar-refractivity contribution in [2.24, 2.45) is 0 Å². The zero-order valence-electron chi connectivity index (χ0n) is 11.3. The number of carbonyl (C=O) groups is 1. The minimum absolute atomic E-state index is 0.182. The van der Waals surface area contributed by atoms with E-state index in [-0.39, 0.29) is 18.3 Å². The molecule has 104 valence electrons. The molecular weight excluding hydrogens is 245 g/mol. The van der Waals surface area contributed by atoms with Gasteiger partial charge in [-0.3, -0.25) is 4.79 Å². The van der Waals surface area contributed by atoms with Crippen molar-refractivity contribution in [2.45, 2.75) is 32.3 Å². The van der Waals surface area contributed by atoms with Crippen molar-refractivity contribution in [3.63, 3.8) is 0 Å². The van der Waals surface area contributed by atoms with Crippen LogP contribution in [0.25, 0.3) is 6.08 Å². The van der Waals surface area contributed by atoms with E-state index < -0.39 is 5.60 Å². The van der Waals surface area contributed by atoms with Crippen LogP contribution in [0, 0.1) is 5.82 Å². The lowest BCUT2D eigenvalue weighted by Gasteiger charge is -2.22. The summed E-state index contributed by atoms with van der Waals surface area (Å²) in [6.07, 6.45) is 4.14. The van der Waals surface area contributed by atoms with Crippen LogP contribution in [0.3, 0.4) is 0 Å². The minimum atomic E-state index is -0.907. The molecule has 19 heavy (non-hydrogen) atoms. The molecule has 2 N–H and O–H groups in total. The molecule has 0 aliphatic carbocycles. The Morgan fingerprint density at radius 2 is 2.16 bits per heavy atom. The van der Waals surface area contributed by atoms with E-state index in [9.17, 15) is 14.3 Å². The lowest BCUT2D eigenvalue weighted by atomic mass is 10.0. The summed E-state index contributed by atoms with van der Waals surface area (Å²) >= 11 is 0. The van der Waals surface area contributed by atoms with E-state index in [1.54, 1.807) is 25.1 Å². The fourth-order valence-corrected chi connectivity index (χ4v) is 1.74. The van der Waals surface area contributed by atoms with Crippen LogP contribution in [0.4, 0.5) is 4.39 Å². The van der Waals surface area contributed by atoms with E-state index >= 15 is 0 Å². The molecule has 1 aromatic rings. The molecule has 0 aliphatic heterocycles. The molecule has 4 heteroatoms. The number of amides is 1. The highest BCUT2D eigenvalue weighted by atomic mass is 19.1. The molecule has 0 bridgehead atoms. The molecule has 0 radical (unpaired) electrons. The van der Waals surface area contributed by atoms with Crippen molar-refractivity contribution >= 4 is 12.0 Å². The number of hydrogen-bond donors (Lipinski definition) is 2. The summed E-state index contributed by atoms with van der Waals surface area (Å²) in [5.74, 6) is -0.718. The van der Waals surface area contributed by atoms with Gasteiger partial charge < -0.3 is 10.4 Å². The van der Waals surface area contributed by atoms with Gasteiger partial charge in [0.25, 0.3) is 0 Å². The van der Waals surface area contributed by atoms with Crippen molar-refractivity contribution in [1.82, 2.24) is 5.32 Å². The SMILES string of the molecule is CCCC(C)(O)CNC(=O)/C=C/c1ccccc1F. The standard InChI is InChI=1S/C15H20FNO2/c1-3-10-15(2,19)11-17-14(18)9-8-12-6-4-5-7-13(12)16/h4-9,19H,3,10-11H2,1-2H3,(H,17,18)/b9-8+. The molecule has 1 rings (SSSR count). The number of benzene rings is 1. The van der Waals surface area contributed by atoms with Gasteiger partial charge in [-0.1, -0.05) is 31.5 Å². The first-order valence-corrected chi connectivity index (χ1v) is 6.37. The Kier molecular flexibility index (Phi) is 5.70. The molecule has 0 saturated heterocycles. The second-order valence-electron chi connectivity index (χ2n) is 4.82. The van der Waals surface area contributed by atoms with Crippen molar-refractivity contribution in [2.75, 3.05) is 6.54 Å². The van der Waals surface area contributed by atoms with E-state index in [2.05, 4.69) is 5.32 Å². The fraction of sp³-hybridized carbons (Fsp3) is 0.400. The van der Waals surface area contributed by atoms with Crippen molar-refractivity contribution in [3.05, 3.63) is 41.7 Å². The van der Waals surface area contributed by atoms with Gasteiger partial charge >= 0.3 is 0 Å². The third kappa shape index (κ3) is 5.66. The number of aliphatic hydroxyl groups is 1. The Balaban J connectivity index is 2.50. The van der Waals surface area contributed by atoms with E-state index in [0.29, 0.717) is 12.0 Å². The highest BCUT2D eigenvalue weighted by Gasteiger charge is 2.19. The van der Waals surface area contributed by atoms with Crippen LogP contribution in [0.15, 0.2) is 30.3 Å². The van der Waals surface area contributed by atoms with E-state index in [0.717, 1.165) is 6.42 Å². The van der Waals surface area contributed by atoms with Gasteiger partial charge in [0.05, 0.1) is 5.60 Å². The Morgan fingerprint density at radius 3 is 2.79 bits per heavy atom. The maximum atomic E-state index is 13.3. The number of carbonyl (C=O) groups excluding carboxylic acids is 1. The maximum Gasteiger partial charge on any atom is 0.244 e. The Hall–Kier alpha value is -1.68. The number of nitrogens with one attached hydrogen (secondary N) is 1.